The van der Waals surface area contributed by atoms with E-state index >= 15 is 0 Å². The fraction of sp³-hybridized carbons (Fsp3) is 0.167. The van der Waals surface area contributed by atoms with Gasteiger partial charge >= 0.3 is 5.97 Å². The number of rotatable bonds is 3. The fourth-order valence-electron chi connectivity index (χ4n) is 1.51. The van der Waals surface area contributed by atoms with E-state index in [9.17, 15) is 9.18 Å². The van der Waals surface area contributed by atoms with Gasteiger partial charge in [0.15, 0.2) is 5.82 Å². The Morgan fingerprint density at radius 1 is 1.25 bits per heavy atom. The average molecular weight is 297 g/mol. The number of aromatic carboxylic acids is 1. The van der Waals surface area contributed by atoms with Crippen LogP contribution in [0.15, 0.2) is 18.2 Å². The maximum atomic E-state index is 13.5. The van der Waals surface area contributed by atoms with Gasteiger partial charge in [-0.3, -0.25) is 0 Å². The molecule has 0 aliphatic rings. The number of hydrogen-bond donors (Lipinski definition) is 1. The Labute approximate surface area is 118 Å². The molecule has 0 saturated carbocycles. The first-order valence-corrected chi connectivity index (χ1v) is 5.88. The predicted molar refractivity (Wildman–Crippen MR) is 71.5 cm³/mol. The monoisotopic (exact) mass is 296 g/mol. The Bertz CT molecular complexity index is 679. The van der Waals surface area contributed by atoms with Crippen LogP contribution in [0.25, 0.3) is 11.4 Å². The van der Waals surface area contributed by atoms with Crippen LogP contribution < -0.4 is 4.90 Å². The highest BCUT2D eigenvalue weighted by Gasteiger charge is 2.13. The third-order valence-corrected chi connectivity index (χ3v) is 2.57. The van der Waals surface area contributed by atoms with Crippen molar-refractivity contribution < 1.29 is 14.3 Å². The predicted octanol–water partition coefficient (Wildman–Crippen LogP) is 2.10. The molecule has 2 rings (SSSR count). The molecular formula is C12H10ClFN4O2. The van der Waals surface area contributed by atoms with Gasteiger partial charge in [0.05, 0.1) is 5.56 Å². The molecule has 0 unspecified atom stereocenters. The number of carbonyl (C=O) groups is 1. The minimum Gasteiger partial charge on any atom is -0.478 e. The van der Waals surface area contributed by atoms with Crippen LogP contribution in [0, 0.1) is 5.82 Å². The first-order chi connectivity index (χ1) is 9.36. The van der Waals surface area contributed by atoms with Crippen molar-refractivity contribution >= 4 is 23.5 Å². The Morgan fingerprint density at radius 2 is 1.95 bits per heavy atom. The van der Waals surface area contributed by atoms with Crippen LogP contribution in [-0.4, -0.2) is 40.1 Å². The van der Waals surface area contributed by atoms with Gasteiger partial charge in [0.1, 0.15) is 5.82 Å². The molecule has 2 aromatic rings. The normalized spacial score (nSPS) is 10.4. The van der Waals surface area contributed by atoms with Crippen molar-refractivity contribution in [2.45, 2.75) is 0 Å². The first-order valence-electron chi connectivity index (χ1n) is 5.50. The summed E-state index contributed by atoms with van der Waals surface area (Å²) in [5, 5.41) is 8.87. The number of hydrogen-bond acceptors (Lipinski definition) is 5. The molecule has 0 spiro atoms. The SMILES string of the molecule is CN(C)c1nc(Cl)nc(-c2cc(F)cc(C(=O)O)c2)n1. The van der Waals surface area contributed by atoms with Crippen molar-refractivity contribution in [1.29, 1.82) is 0 Å². The molecule has 0 amide bonds. The van der Waals surface area contributed by atoms with E-state index in [1.54, 1.807) is 19.0 Å². The third-order valence-electron chi connectivity index (χ3n) is 2.40. The summed E-state index contributed by atoms with van der Waals surface area (Å²) in [4.78, 5) is 24.4. The molecule has 0 aliphatic heterocycles. The molecule has 0 saturated heterocycles. The molecular weight excluding hydrogens is 287 g/mol. The molecule has 0 atom stereocenters. The molecule has 20 heavy (non-hydrogen) atoms. The summed E-state index contributed by atoms with van der Waals surface area (Å²) < 4.78 is 13.5. The average Bonchev–Trinajstić information content (AvgIpc) is 2.37. The van der Waals surface area contributed by atoms with Gasteiger partial charge in [0.2, 0.25) is 11.2 Å². The summed E-state index contributed by atoms with van der Waals surface area (Å²) in [6.07, 6.45) is 0. The second-order valence-corrected chi connectivity index (χ2v) is 4.49. The van der Waals surface area contributed by atoms with Gasteiger partial charge in [-0.2, -0.15) is 15.0 Å². The van der Waals surface area contributed by atoms with Crippen molar-refractivity contribution in [3.63, 3.8) is 0 Å². The highest BCUT2D eigenvalue weighted by Crippen LogP contribution is 2.21. The van der Waals surface area contributed by atoms with E-state index in [1.165, 1.54) is 6.07 Å². The number of benzene rings is 1. The summed E-state index contributed by atoms with van der Waals surface area (Å²) >= 11 is 5.79. The quantitative estimate of drug-likeness (QED) is 0.934. The summed E-state index contributed by atoms with van der Waals surface area (Å²) in [6, 6.07) is 3.33. The summed E-state index contributed by atoms with van der Waals surface area (Å²) in [6.45, 7) is 0. The Kier molecular flexibility index (Phi) is 3.80. The van der Waals surface area contributed by atoms with E-state index in [0.717, 1.165) is 12.1 Å². The van der Waals surface area contributed by atoms with Gasteiger partial charge < -0.3 is 10.0 Å². The zero-order chi connectivity index (χ0) is 14.9. The van der Waals surface area contributed by atoms with Crippen molar-refractivity contribution in [2.24, 2.45) is 0 Å². The Morgan fingerprint density at radius 3 is 2.55 bits per heavy atom. The lowest BCUT2D eigenvalue weighted by Gasteiger charge is -2.11. The molecule has 6 nitrogen and oxygen atoms in total. The van der Waals surface area contributed by atoms with Crippen LogP contribution in [0.4, 0.5) is 10.3 Å². The van der Waals surface area contributed by atoms with E-state index in [1.807, 2.05) is 0 Å². The van der Waals surface area contributed by atoms with Gasteiger partial charge in [-0.05, 0) is 29.8 Å². The highest BCUT2D eigenvalue weighted by atomic mass is 35.5. The second kappa shape index (κ2) is 5.38. The number of carboxylic acids is 1. The Hall–Kier alpha value is -2.28. The molecule has 1 aromatic heterocycles. The van der Waals surface area contributed by atoms with E-state index < -0.39 is 11.8 Å². The first kappa shape index (κ1) is 14.1. The smallest absolute Gasteiger partial charge is 0.335 e. The number of halogens is 2. The molecule has 8 heteroatoms. The van der Waals surface area contributed by atoms with Crippen molar-refractivity contribution in [2.75, 3.05) is 19.0 Å². The standard InChI is InChI=1S/C12H10ClFN4O2/c1-18(2)12-16-9(15-11(13)17-12)6-3-7(10(19)20)5-8(14)4-6/h3-5H,1-2H3,(H,19,20). The van der Waals surface area contributed by atoms with Crippen LogP contribution in [0.5, 0.6) is 0 Å². The topological polar surface area (TPSA) is 79.2 Å². The summed E-state index contributed by atoms with van der Waals surface area (Å²) in [5.74, 6) is -1.53. The van der Waals surface area contributed by atoms with Gasteiger partial charge in [-0.15, -0.1) is 0 Å². The number of carboxylic acid groups (broad SMARTS) is 1. The van der Waals surface area contributed by atoms with Crippen molar-refractivity contribution in [3.8, 4) is 11.4 Å². The van der Waals surface area contributed by atoms with Gasteiger partial charge in [-0.1, -0.05) is 0 Å². The number of nitrogens with zero attached hydrogens (tertiary/aromatic N) is 4. The molecule has 0 radical (unpaired) electrons. The zero-order valence-corrected chi connectivity index (χ0v) is 11.4. The molecule has 0 fully saturated rings. The molecule has 0 aliphatic carbocycles. The highest BCUT2D eigenvalue weighted by molar-refractivity contribution is 6.28. The molecule has 1 aromatic carbocycles. The van der Waals surface area contributed by atoms with E-state index in [-0.39, 0.29) is 22.2 Å². The lowest BCUT2D eigenvalue weighted by atomic mass is 10.1. The van der Waals surface area contributed by atoms with E-state index in [4.69, 9.17) is 16.7 Å². The lowest BCUT2D eigenvalue weighted by molar-refractivity contribution is 0.0696. The van der Waals surface area contributed by atoms with Gasteiger partial charge in [-0.25, -0.2) is 9.18 Å². The summed E-state index contributed by atoms with van der Waals surface area (Å²) in [7, 11) is 3.42. The second-order valence-electron chi connectivity index (χ2n) is 4.16. The summed E-state index contributed by atoms with van der Waals surface area (Å²) in [5.41, 5.74) is 0.0257. The van der Waals surface area contributed by atoms with Crippen LogP contribution in [0.3, 0.4) is 0 Å². The van der Waals surface area contributed by atoms with Crippen LogP contribution in [-0.2, 0) is 0 Å². The lowest BCUT2D eigenvalue weighted by Crippen LogP contribution is -2.14. The number of anilines is 1. The third kappa shape index (κ3) is 3.00. The molecule has 104 valence electrons. The Balaban J connectivity index is 2.59. The zero-order valence-electron chi connectivity index (χ0n) is 10.6. The molecule has 0 bridgehead atoms. The molecule has 1 heterocycles. The van der Waals surface area contributed by atoms with E-state index in [0.29, 0.717) is 5.95 Å². The van der Waals surface area contributed by atoms with Crippen LogP contribution in [0.1, 0.15) is 10.4 Å². The van der Waals surface area contributed by atoms with Crippen molar-refractivity contribution in [3.05, 3.63) is 34.9 Å². The minimum absolute atomic E-state index is 0.0557. The van der Waals surface area contributed by atoms with Gasteiger partial charge in [0.25, 0.3) is 0 Å². The maximum Gasteiger partial charge on any atom is 0.335 e. The maximum absolute atomic E-state index is 13.5. The largest absolute Gasteiger partial charge is 0.478 e. The van der Waals surface area contributed by atoms with E-state index in [2.05, 4.69) is 15.0 Å². The minimum atomic E-state index is -1.24. The van der Waals surface area contributed by atoms with Crippen molar-refractivity contribution in [1.82, 2.24) is 15.0 Å². The number of aromatic nitrogens is 3. The molecule has 1 N–H and O–H groups in total. The van der Waals surface area contributed by atoms with Gasteiger partial charge in [0, 0.05) is 19.7 Å². The van der Waals surface area contributed by atoms with Crippen LogP contribution >= 0.6 is 11.6 Å². The fourth-order valence-corrected chi connectivity index (χ4v) is 1.67. The van der Waals surface area contributed by atoms with Crippen LogP contribution in [0.2, 0.25) is 5.28 Å².